The molecule has 1 atom stereocenters. The van der Waals surface area contributed by atoms with Crippen LogP contribution in [0.3, 0.4) is 0 Å². The molecule has 4 aliphatic rings. The number of likely N-dealkylation sites (tertiary alicyclic amines) is 1. The fourth-order valence-corrected chi connectivity index (χ4v) is 5.44. The Kier molecular flexibility index (Phi) is 4.09. The van der Waals surface area contributed by atoms with Crippen LogP contribution in [0.15, 0.2) is 48.8 Å². The zero-order chi connectivity index (χ0) is 21.1. The lowest BCUT2D eigenvalue weighted by Crippen LogP contribution is -2.40. The van der Waals surface area contributed by atoms with E-state index in [0.29, 0.717) is 25.1 Å². The van der Waals surface area contributed by atoms with Gasteiger partial charge in [0.1, 0.15) is 0 Å². The Morgan fingerprint density at radius 3 is 2.71 bits per heavy atom. The van der Waals surface area contributed by atoms with Gasteiger partial charge in [0.15, 0.2) is 5.60 Å². The van der Waals surface area contributed by atoms with Crippen LogP contribution in [-0.2, 0) is 20.5 Å². The van der Waals surface area contributed by atoms with Crippen LogP contribution in [0.1, 0.15) is 52.7 Å². The second-order valence-corrected chi connectivity index (χ2v) is 9.12. The molecule has 6 heteroatoms. The van der Waals surface area contributed by atoms with Crippen molar-refractivity contribution in [3.8, 4) is 0 Å². The van der Waals surface area contributed by atoms with E-state index in [1.807, 2.05) is 11.0 Å². The van der Waals surface area contributed by atoms with Gasteiger partial charge in [-0.3, -0.25) is 9.78 Å². The van der Waals surface area contributed by atoms with Crippen molar-refractivity contribution in [2.45, 2.75) is 36.7 Å². The molecule has 3 aliphatic heterocycles. The molecule has 2 aromatic rings. The van der Waals surface area contributed by atoms with Crippen molar-refractivity contribution in [1.29, 1.82) is 0 Å². The standard InChI is InChI=1S/C25H25N3O3/c29-22-20-15-27-13-7-21(20)25(31-22)10-14-28(16-25)23(30)24(8-9-24)19-3-1-17(2-4-19)18-5-11-26-12-6-18/h1-5,7,13,15,26H,6,8-12,14,16H2/t25-/m0/s1. The van der Waals surface area contributed by atoms with Gasteiger partial charge in [0.25, 0.3) is 0 Å². The third-order valence-electron chi connectivity index (χ3n) is 7.37. The second kappa shape index (κ2) is 6.76. The minimum absolute atomic E-state index is 0.164. The topological polar surface area (TPSA) is 71.5 Å². The van der Waals surface area contributed by atoms with Gasteiger partial charge in [-0.15, -0.1) is 0 Å². The number of nitrogens with one attached hydrogen (secondary N) is 1. The van der Waals surface area contributed by atoms with E-state index in [9.17, 15) is 9.59 Å². The Bertz CT molecular complexity index is 1100. The van der Waals surface area contributed by atoms with Crippen LogP contribution in [0.25, 0.3) is 5.57 Å². The van der Waals surface area contributed by atoms with E-state index in [0.717, 1.165) is 43.5 Å². The number of nitrogens with zero attached hydrogens (tertiary/aromatic N) is 2. The first-order valence-electron chi connectivity index (χ1n) is 11.1. The number of aromatic nitrogens is 1. The Morgan fingerprint density at radius 2 is 1.97 bits per heavy atom. The first kappa shape index (κ1) is 18.8. The third-order valence-corrected chi connectivity index (χ3v) is 7.37. The maximum Gasteiger partial charge on any atom is 0.341 e. The highest BCUT2D eigenvalue weighted by atomic mass is 16.6. The van der Waals surface area contributed by atoms with Crippen molar-refractivity contribution in [3.05, 3.63) is 71.1 Å². The summed E-state index contributed by atoms with van der Waals surface area (Å²) in [6.07, 6.45) is 8.93. The number of esters is 1. The lowest BCUT2D eigenvalue weighted by molar-refractivity contribution is -0.134. The maximum absolute atomic E-state index is 13.6. The molecule has 0 radical (unpaired) electrons. The van der Waals surface area contributed by atoms with E-state index in [4.69, 9.17) is 4.74 Å². The number of carbonyl (C=O) groups is 2. The molecule has 0 bridgehead atoms. The number of fused-ring (bicyclic) bond motifs is 2. The van der Waals surface area contributed by atoms with Gasteiger partial charge in [0.05, 0.1) is 17.5 Å². The number of pyridine rings is 1. The van der Waals surface area contributed by atoms with Crippen molar-refractivity contribution in [2.24, 2.45) is 0 Å². The molecule has 1 amide bonds. The van der Waals surface area contributed by atoms with Crippen LogP contribution in [0, 0.1) is 0 Å². The lowest BCUT2D eigenvalue weighted by atomic mass is 9.91. The van der Waals surface area contributed by atoms with Gasteiger partial charge in [-0.2, -0.15) is 0 Å². The van der Waals surface area contributed by atoms with E-state index < -0.39 is 11.0 Å². The van der Waals surface area contributed by atoms with Gasteiger partial charge in [0.2, 0.25) is 5.91 Å². The van der Waals surface area contributed by atoms with Crippen molar-refractivity contribution >= 4 is 17.4 Å². The molecule has 2 fully saturated rings. The SMILES string of the molecule is O=C1O[C@]2(CCN(C(=O)C3(c4ccc(C5=CCNCC5)cc4)CC3)C2)c2ccncc21. The lowest BCUT2D eigenvalue weighted by Gasteiger charge is -2.27. The van der Waals surface area contributed by atoms with Crippen LogP contribution < -0.4 is 5.32 Å². The van der Waals surface area contributed by atoms with Gasteiger partial charge >= 0.3 is 5.97 Å². The van der Waals surface area contributed by atoms with Gasteiger partial charge in [-0.1, -0.05) is 30.3 Å². The molecule has 1 aliphatic carbocycles. The first-order chi connectivity index (χ1) is 15.1. The summed E-state index contributed by atoms with van der Waals surface area (Å²) in [6.45, 7) is 2.96. The van der Waals surface area contributed by atoms with Crippen LogP contribution >= 0.6 is 0 Å². The van der Waals surface area contributed by atoms with Crippen LogP contribution in [0.5, 0.6) is 0 Å². The smallest absolute Gasteiger partial charge is 0.341 e. The molecule has 1 aromatic heterocycles. The van der Waals surface area contributed by atoms with Crippen LogP contribution in [0.4, 0.5) is 0 Å². The summed E-state index contributed by atoms with van der Waals surface area (Å²) < 4.78 is 5.80. The molecule has 31 heavy (non-hydrogen) atoms. The Labute approximate surface area is 181 Å². The highest BCUT2D eigenvalue weighted by Crippen LogP contribution is 2.52. The summed E-state index contributed by atoms with van der Waals surface area (Å²) in [4.78, 5) is 31.9. The van der Waals surface area contributed by atoms with Crippen molar-refractivity contribution in [3.63, 3.8) is 0 Å². The van der Waals surface area contributed by atoms with Gasteiger partial charge in [-0.25, -0.2) is 4.79 Å². The molecule has 158 valence electrons. The molecule has 4 heterocycles. The van der Waals surface area contributed by atoms with E-state index in [2.05, 4.69) is 40.6 Å². The largest absolute Gasteiger partial charge is 0.449 e. The van der Waals surface area contributed by atoms with Gasteiger partial charge < -0.3 is 15.0 Å². The highest BCUT2D eigenvalue weighted by molar-refractivity contribution is 5.95. The summed E-state index contributed by atoms with van der Waals surface area (Å²) in [5, 5.41) is 3.34. The first-order valence-corrected chi connectivity index (χ1v) is 11.1. The fraction of sp³-hybridized carbons (Fsp3) is 0.400. The Balaban J connectivity index is 1.23. The zero-order valence-electron chi connectivity index (χ0n) is 17.4. The summed E-state index contributed by atoms with van der Waals surface area (Å²) in [5.74, 6) is -0.168. The Morgan fingerprint density at radius 1 is 1.13 bits per heavy atom. The number of ether oxygens (including phenoxy) is 1. The van der Waals surface area contributed by atoms with E-state index in [-0.39, 0.29) is 11.9 Å². The molecule has 1 saturated heterocycles. The average Bonchev–Trinajstić information content (AvgIpc) is 3.46. The molecule has 6 nitrogen and oxygen atoms in total. The summed E-state index contributed by atoms with van der Waals surface area (Å²) in [7, 11) is 0. The molecule has 6 rings (SSSR count). The Hall–Kier alpha value is -2.99. The maximum atomic E-state index is 13.6. The monoisotopic (exact) mass is 415 g/mol. The molecule has 0 unspecified atom stereocenters. The number of benzene rings is 1. The summed E-state index contributed by atoms with van der Waals surface area (Å²) in [5.41, 5.74) is 3.98. The van der Waals surface area contributed by atoms with Crippen LogP contribution in [-0.4, -0.2) is 47.9 Å². The van der Waals surface area contributed by atoms with Crippen molar-refractivity contribution in [2.75, 3.05) is 26.2 Å². The molecule has 1 saturated carbocycles. The second-order valence-electron chi connectivity index (χ2n) is 9.12. The molecule has 1 spiro atoms. The predicted octanol–water partition coefficient (Wildman–Crippen LogP) is 2.79. The number of hydrogen-bond donors (Lipinski definition) is 1. The van der Waals surface area contributed by atoms with Crippen molar-refractivity contribution in [1.82, 2.24) is 15.2 Å². The van der Waals surface area contributed by atoms with Crippen molar-refractivity contribution < 1.29 is 14.3 Å². The number of amides is 1. The summed E-state index contributed by atoms with van der Waals surface area (Å²) >= 11 is 0. The molecular weight excluding hydrogens is 390 g/mol. The molecule has 1 aromatic carbocycles. The normalized spacial score (nSPS) is 25.9. The number of rotatable bonds is 3. The minimum atomic E-state index is -0.716. The van der Waals surface area contributed by atoms with Crippen LogP contribution in [0.2, 0.25) is 0 Å². The number of carbonyl (C=O) groups excluding carboxylic acids is 2. The minimum Gasteiger partial charge on any atom is -0.449 e. The summed E-state index contributed by atoms with van der Waals surface area (Å²) in [6, 6.07) is 10.4. The van der Waals surface area contributed by atoms with Gasteiger partial charge in [-0.05, 0) is 48.6 Å². The van der Waals surface area contributed by atoms with E-state index in [1.54, 1.807) is 12.4 Å². The third kappa shape index (κ3) is 2.85. The quantitative estimate of drug-likeness (QED) is 0.781. The molecular formula is C25H25N3O3. The van der Waals surface area contributed by atoms with E-state index >= 15 is 0 Å². The average molecular weight is 415 g/mol. The zero-order valence-corrected chi connectivity index (χ0v) is 17.4. The molecule has 1 N–H and O–H groups in total. The van der Waals surface area contributed by atoms with E-state index in [1.165, 1.54) is 11.1 Å². The fourth-order valence-electron chi connectivity index (χ4n) is 5.44. The predicted molar refractivity (Wildman–Crippen MR) is 115 cm³/mol. The van der Waals surface area contributed by atoms with Gasteiger partial charge in [0, 0.05) is 37.5 Å². The highest BCUT2D eigenvalue weighted by Gasteiger charge is 2.57. The number of hydrogen-bond acceptors (Lipinski definition) is 5.